The molecule has 0 aliphatic carbocycles. The van der Waals surface area contributed by atoms with Gasteiger partial charge >= 0.3 is 0 Å². The van der Waals surface area contributed by atoms with Crippen LogP contribution in [0, 0.1) is 0 Å². The average Bonchev–Trinajstić information content (AvgIpc) is 2.87. The molecule has 0 spiro atoms. The number of hydrogen-bond donors (Lipinski definition) is 4. The molecule has 18 heavy (non-hydrogen) atoms. The summed E-state index contributed by atoms with van der Waals surface area (Å²) in [5.41, 5.74) is 5.80. The first kappa shape index (κ1) is 13.8. The number of aldehydes is 1. The van der Waals surface area contributed by atoms with Crippen molar-refractivity contribution < 1.29 is 14.4 Å². The number of imidazole rings is 1. The van der Waals surface area contributed by atoms with Gasteiger partial charge in [-0.25, -0.2) is 4.98 Å². The van der Waals surface area contributed by atoms with Crippen molar-refractivity contribution in [1.29, 1.82) is 0 Å². The summed E-state index contributed by atoms with van der Waals surface area (Å²) in [7, 11) is 0. The molecular formula is C10H15N5O3. The molecular weight excluding hydrogens is 238 g/mol. The van der Waals surface area contributed by atoms with E-state index in [-0.39, 0.29) is 13.1 Å². The summed E-state index contributed by atoms with van der Waals surface area (Å²) < 4.78 is 0. The van der Waals surface area contributed by atoms with E-state index in [1.165, 1.54) is 6.33 Å². The first-order valence-electron chi connectivity index (χ1n) is 5.34. The smallest absolute Gasteiger partial charge is 0.239 e. The van der Waals surface area contributed by atoms with Crippen LogP contribution in [0.2, 0.25) is 0 Å². The number of aromatic amines is 1. The average molecular weight is 253 g/mol. The third kappa shape index (κ3) is 4.74. The van der Waals surface area contributed by atoms with E-state index in [0.29, 0.717) is 12.7 Å². The number of rotatable bonds is 7. The number of amides is 2. The van der Waals surface area contributed by atoms with E-state index in [1.807, 2.05) is 0 Å². The molecule has 5 N–H and O–H groups in total. The van der Waals surface area contributed by atoms with Crippen LogP contribution < -0.4 is 16.4 Å². The number of hydrogen-bond acceptors (Lipinski definition) is 5. The van der Waals surface area contributed by atoms with Crippen LogP contribution in [0.3, 0.4) is 0 Å². The van der Waals surface area contributed by atoms with E-state index in [4.69, 9.17) is 5.73 Å². The highest BCUT2D eigenvalue weighted by Gasteiger charge is 2.13. The number of H-pyrrole nitrogens is 1. The lowest BCUT2D eigenvalue weighted by Gasteiger charge is -2.12. The largest absolute Gasteiger partial charge is 0.348 e. The standard InChI is InChI=1S/C10H15N5O3/c11-2-9(17)13-4-10(18)15-8(5-16)1-7-3-12-6-14-7/h3,5-6,8H,1-2,4,11H2,(H,12,14)(H,13,17)(H,15,18)/t8-/m0/s1. The predicted molar refractivity (Wildman–Crippen MR) is 62.4 cm³/mol. The lowest BCUT2D eigenvalue weighted by atomic mass is 10.2. The van der Waals surface area contributed by atoms with Crippen molar-refractivity contribution in [3.8, 4) is 0 Å². The van der Waals surface area contributed by atoms with Gasteiger partial charge in [0.1, 0.15) is 6.29 Å². The number of carbonyl (C=O) groups is 3. The lowest BCUT2D eigenvalue weighted by molar-refractivity contribution is -0.126. The zero-order chi connectivity index (χ0) is 13.4. The van der Waals surface area contributed by atoms with E-state index in [2.05, 4.69) is 20.6 Å². The molecule has 0 radical (unpaired) electrons. The van der Waals surface area contributed by atoms with Gasteiger partial charge in [-0.2, -0.15) is 0 Å². The Morgan fingerprint density at radius 3 is 2.83 bits per heavy atom. The van der Waals surface area contributed by atoms with E-state index in [9.17, 15) is 14.4 Å². The normalized spacial score (nSPS) is 11.6. The van der Waals surface area contributed by atoms with Gasteiger partial charge < -0.3 is 26.1 Å². The van der Waals surface area contributed by atoms with Crippen molar-refractivity contribution in [2.75, 3.05) is 13.1 Å². The summed E-state index contributed by atoms with van der Waals surface area (Å²) in [5.74, 6) is -0.880. The van der Waals surface area contributed by atoms with Crippen LogP contribution in [0.15, 0.2) is 12.5 Å². The molecule has 1 aromatic rings. The molecule has 0 bridgehead atoms. The molecule has 1 rings (SSSR count). The molecule has 0 saturated heterocycles. The van der Waals surface area contributed by atoms with Crippen LogP contribution in [-0.4, -0.2) is 47.2 Å². The highest BCUT2D eigenvalue weighted by molar-refractivity contribution is 5.86. The topological polar surface area (TPSA) is 130 Å². The maximum Gasteiger partial charge on any atom is 0.239 e. The zero-order valence-electron chi connectivity index (χ0n) is 9.68. The van der Waals surface area contributed by atoms with E-state index < -0.39 is 17.9 Å². The molecule has 0 saturated carbocycles. The summed E-state index contributed by atoms with van der Waals surface area (Å²) >= 11 is 0. The fraction of sp³-hybridized carbons (Fsp3) is 0.400. The van der Waals surface area contributed by atoms with Gasteiger partial charge in [0.15, 0.2) is 0 Å². The Kier molecular flexibility index (Phi) is 5.52. The second kappa shape index (κ2) is 7.17. The Labute approximate surface area is 103 Å². The third-order valence-electron chi connectivity index (χ3n) is 2.14. The van der Waals surface area contributed by atoms with E-state index in [0.717, 1.165) is 5.69 Å². The number of aromatic nitrogens is 2. The summed E-state index contributed by atoms with van der Waals surface area (Å²) in [6, 6.07) is -0.660. The molecule has 2 amide bonds. The molecule has 1 atom stereocenters. The van der Waals surface area contributed by atoms with Crippen molar-refractivity contribution in [1.82, 2.24) is 20.6 Å². The maximum absolute atomic E-state index is 11.4. The Morgan fingerprint density at radius 2 is 2.28 bits per heavy atom. The van der Waals surface area contributed by atoms with Gasteiger partial charge in [-0.15, -0.1) is 0 Å². The van der Waals surface area contributed by atoms with Crippen molar-refractivity contribution >= 4 is 18.1 Å². The highest BCUT2D eigenvalue weighted by atomic mass is 16.2. The van der Waals surface area contributed by atoms with Crippen LogP contribution in [0.4, 0.5) is 0 Å². The minimum atomic E-state index is -0.660. The van der Waals surface area contributed by atoms with Crippen LogP contribution in [0.1, 0.15) is 5.69 Å². The molecule has 1 heterocycles. The maximum atomic E-state index is 11.4. The van der Waals surface area contributed by atoms with Crippen LogP contribution >= 0.6 is 0 Å². The Bertz CT molecular complexity index is 404. The quantitative estimate of drug-likeness (QED) is 0.406. The minimum Gasteiger partial charge on any atom is -0.348 e. The van der Waals surface area contributed by atoms with E-state index >= 15 is 0 Å². The van der Waals surface area contributed by atoms with Gasteiger partial charge in [0.2, 0.25) is 11.8 Å². The van der Waals surface area contributed by atoms with Crippen molar-refractivity contribution in [3.63, 3.8) is 0 Å². The minimum absolute atomic E-state index is 0.182. The summed E-state index contributed by atoms with van der Waals surface area (Å²) in [6.45, 7) is -0.387. The molecule has 98 valence electrons. The number of nitrogens with zero attached hydrogens (tertiary/aromatic N) is 1. The molecule has 8 nitrogen and oxygen atoms in total. The van der Waals surface area contributed by atoms with Gasteiger partial charge in [0, 0.05) is 18.3 Å². The van der Waals surface area contributed by atoms with Gasteiger partial charge in [-0.3, -0.25) is 9.59 Å². The molecule has 0 fully saturated rings. The van der Waals surface area contributed by atoms with Crippen molar-refractivity contribution in [2.45, 2.75) is 12.5 Å². The van der Waals surface area contributed by atoms with E-state index in [1.54, 1.807) is 6.20 Å². The van der Waals surface area contributed by atoms with Crippen LogP contribution in [0.5, 0.6) is 0 Å². The van der Waals surface area contributed by atoms with Crippen LogP contribution in [0.25, 0.3) is 0 Å². The molecule has 0 aliphatic heterocycles. The molecule has 0 aromatic carbocycles. The SMILES string of the molecule is NCC(=O)NCC(=O)N[C@H](C=O)Cc1cnc[nH]1. The second-order valence-electron chi connectivity index (χ2n) is 3.57. The fourth-order valence-electron chi connectivity index (χ4n) is 1.28. The second-order valence-corrected chi connectivity index (χ2v) is 3.57. The first-order valence-corrected chi connectivity index (χ1v) is 5.34. The summed E-state index contributed by atoms with van der Waals surface area (Å²) in [5, 5.41) is 4.78. The third-order valence-corrected chi connectivity index (χ3v) is 2.14. The number of nitrogens with one attached hydrogen (secondary N) is 3. The van der Waals surface area contributed by atoms with Crippen molar-refractivity contribution in [3.05, 3.63) is 18.2 Å². The number of carbonyl (C=O) groups excluding carboxylic acids is 3. The number of nitrogens with two attached hydrogens (primary N) is 1. The van der Waals surface area contributed by atoms with Gasteiger partial charge in [-0.05, 0) is 0 Å². The highest BCUT2D eigenvalue weighted by Crippen LogP contribution is 1.96. The first-order chi connectivity index (χ1) is 8.65. The molecule has 0 aliphatic rings. The van der Waals surface area contributed by atoms with Crippen LogP contribution in [-0.2, 0) is 20.8 Å². The molecule has 8 heteroatoms. The lowest BCUT2D eigenvalue weighted by Crippen LogP contribution is -2.44. The summed E-state index contributed by atoms with van der Waals surface area (Å²) in [6.07, 6.45) is 4.00. The molecule has 0 unspecified atom stereocenters. The van der Waals surface area contributed by atoms with Crippen molar-refractivity contribution in [2.24, 2.45) is 5.73 Å². The monoisotopic (exact) mass is 253 g/mol. The Balaban J connectivity index is 2.36. The Morgan fingerprint density at radius 1 is 1.50 bits per heavy atom. The fourth-order valence-corrected chi connectivity index (χ4v) is 1.28. The Hall–Kier alpha value is -2.22. The van der Waals surface area contributed by atoms with Gasteiger partial charge in [-0.1, -0.05) is 0 Å². The van der Waals surface area contributed by atoms with Gasteiger partial charge in [0.25, 0.3) is 0 Å². The summed E-state index contributed by atoms with van der Waals surface area (Å²) in [4.78, 5) is 39.7. The van der Waals surface area contributed by atoms with Gasteiger partial charge in [0.05, 0.1) is 25.5 Å². The predicted octanol–water partition coefficient (Wildman–Crippen LogP) is -2.29. The molecule has 1 aromatic heterocycles. The zero-order valence-corrected chi connectivity index (χ0v) is 9.68.